The molecule has 1 aliphatic heterocycles. The van der Waals surface area contributed by atoms with Crippen LogP contribution in [-0.4, -0.2) is 20.8 Å². The summed E-state index contributed by atoms with van der Waals surface area (Å²) in [4.78, 5) is 10.2. The van der Waals surface area contributed by atoms with Crippen molar-refractivity contribution in [3.8, 4) is 56.4 Å². The first-order valence-electron chi connectivity index (χ1n) is 24.4. The summed E-state index contributed by atoms with van der Waals surface area (Å²) in [7, 11) is 0. The fourth-order valence-electron chi connectivity index (χ4n) is 10.8. The zero-order valence-electron chi connectivity index (χ0n) is 39.5. The minimum absolute atomic E-state index is 0.264. The van der Waals surface area contributed by atoms with Crippen LogP contribution in [0.1, 0.15) is 25.3 Å². The van der Waals surface area contributed by atoms with Gasteiger partial charge in [-0.15, -0.1) is 0 Å². The topological polar surface area (TPSA) is 38.5 Å². The monoisotopic (exact) mass is 915 g/mol. The predicted octanol–water partition coefficient (Wildman–Crippen LogP) is 17.3. The van der Waals surface area contributed by atoms with E-state index in [-0.39, 0.29) is 5.92 Å². The first-order valence-corrected chi connectivity index (χ1v) is 24.4. The molecule has 4 heterocycles. The largest absolute Gasteiger partial charge is 0.457 e. The second kappa shape index (κ2) is 17.4. The van der Waals surface area contributed by atoms with Crippen LogP contribution in [0.5, 0.6) is 11.5 Å². The lowest BCUT2D eigenvalue weighted by atomic mass is 9.94. The van der Waals surface area contributed by atoms with E-state index in [1.807, 2.05) is 0 Å². The van der Waals surface area contributed by atoms with Gasteiger partial charge < -0.3 is 19.1 Å². The Hall–Kier alpha value is -9.13. The van der Waals surface area contributed by atoms with Gasteiger partial charge in [-0.2, -0.15) is 0 Å². The van der Waals surface area contributed by atoms with Crippen molar-refractivity contribution in [3.63, 3.8) is 0 Å². The van der Waals surface area contributed by atoms with Crippen molar-refractivity contribution in [1.29, 1.82) is 0 Å². The number of pyridine rings is 1. The third kappa shape index (κ3) is 7.23. The Morgan fingerprint density at radius 1 is 0.423 bits per heavy atom. The maximum absolute atomic E-state index is 6.96. The molecule has 0 atom stereocenters. The van der Waals surface area contributed by atoms with Gasteiger partial charge >= 0.3 is 0 Å². The maximum Gasteiger partial charge on any atom is 0.137 e. The normalized spacial score (nSPS) is 12.4. The van der Waals surface area contributed by atoms with Gasteiger partial charge in [-0.3, -0.25) is 4.57 Å². The Morgan fingerprint density at radius 3 is 1.63 bits per heavy atom. The summed E-state index contributed by atoms with van der Waals surface area (Å²) < 4.78 is 11.7. The third-order valence-electron chi connectivity index (χ3n) is 14.0. The van der Waals surface area contributed by atoms with Crippen LogP contribution in [0.25, 0.3) is 77.7 Å². The van der Waals surface area contributed by atoms with Crippen LogP contribution in [0.2, 0.25) is 0 Å². The van der Waals surface area contributed by atoms with Crippen molar-refractivity contribution in [2.75, 3.05) is 16.5 Å². The Labute approximate surface area is 413 Å². The smallest absolute Gasteiger partial charge is 0.137 e. The van der Waals surface area contributed by atoms with Crippen LogP contribution in [0.15, 0.2) is 243 Å². The van der Waals surface area contributed by atoms with E-state index in [1.54, 1.807) is 0 Å². The molecular weight excluding hydrogens is 867 g/mol. The molecule has 0 fully saturated rings. The molecule has 0 unspecified atom stereocenters. The van der Waals surface area contributed by atoms with Crippen LogP contribution in [0, 0.1) is 0 Å². The molecule has 9 aromatic carbocycles. The summed E-state index contributed by atoms with van der Waals surface area (Å²) in [6, 6.07) is 84.1. The first-order chi connectivity index (χ1) is 35.1. The number of hydrogen-bond acceptors (Lipinski definition) is 4. The van der Waals surface area contributed by atoms with Crippen molar-refractivity contribution < 1.29 is 4.74 Å². The second-order valence-electron chi connectivity index (χ2n) is 18.6. The molecule has 1 aliphatic rings. The number of benzene rings is 9. The summed E-state index contributed by atoms with van der Waals surface area (Å²) in [5.41, 5.74) is 18.3. The van der Waals surface area contributed by atoms with Crippen LogP contribution < -0.4 is 14.5 Å². The second-order valence-corrected chi connectivity index (χ2v) is 18.6. The van der Waals surface area contributed by atoms with Crippen molar-refractivity contribution in [3.05, 3.63) is 248 Å². The van der Waals surface area contributed by atoms with E-state index in [2.05, 4.69) is 276 Å². The number of anilines is 4. The molecule has 0 N–H and O–H groups in total. The van der Waals surface area contributed by atoms with Gasteiger partial charge in [0.15, 0.2) is 0 Å². The zero-order chi connectivity index (χ0) is 47.4. The lowest BCUT2D eigenvalue weighted by molar-refractivity contribution is 0.483. The number of aromatic nitrogens is 3. The lowest BCUT2D eigenvalue weighted by Gasteiger charge is -2.27. The van der Waals surface area contributed by atoms with Gasteiger partial charge in [0.05, 0.1) is 39.1 Å². The molecule has 0 bridgehead atoms. The Kier molecular flexibility index (Phi) is 10.3. The van der Waals surface area contributed by atoms with Gasteiger partial charge in [0, 0.05) is 57.2 Å². The average Bonchev–Trinajstić information content (AvgIpc) is 4.09. The minimum Gasteiger partial charge on any atom is -0.457 e. The summed E-state index contributed by atoms with van der Waals surface area (Å²) in [6.07, 6.45) is 2.06. The van der Waals surface area contributed by atoms with E-state index in [4.69, 9.17) is 9.72 Å². The molecular formula is C65H49N5O. The summed E-state index contributed by atoms with van der Waals surface area (Å²) in [5, 5.41) is 2.26. The van der Waals surface area contributed by atoms with Crippen molar-refractivity contribution in [2.45, 2.75) is 19.8 Å². The highest BCUT2D eigenvalue weighted by Crippen LogP contribution is 2.51. The van der Waals surface area contributed by atoms with Gasteiger partial charge in [-0.05, 0) is 88.8 Å². The Bertz CT molecular complexity index is 3860. The molecule has 6 heteroatoms. The van der Waals surface area contributed by atoms with Crippen molar-refractivity contribution in [2.24, 2.45) is 0 Å². The number of rotatable bonds is 10. The van der Waals surface area contributed by atoms with Gasteiger partial charge in [0.25, 0.3) is 0 Å². The standard InChI is InChI=1S/C65H49N5O/c1-44(2)56-41-62(66-42-57(56)47-25-11-5-12-26-47)70-61-40-51(37-38-55(61)64-65(70)54-31-15-16-34-58(54)69(64)48-27-13-6-14-28-48)71-50-30-19-29-49(39-50)67-43-68(60-36-18-17-35-59(60)67)63-52(45-21-7-3-8-22-45)32-20-33-53(63)46-23-9-4-10-24-46/h3-42,44H,43H2,1-2H3. The number of fused-ring (bicyclic) bond motifs is 6. The van der Waals surface area contributed by atoms with Crippen LogP contribution >= 0.6 is 0 Å². The fraction of sp³-hybridized carbons (Fsp3) is 0.0615. The molecule has 12 aromatic rings. The molecule has 6 nitrogen and oxygen atoms in total. The van der Waals surface area contributed by atoms with Crippen molar-refractivity contribution >= 4 is 55.6 Å². The van der Waals surface area contributed by atoms with Gasteiger partial charge in [0.1, 0.15) is 24.0 Å². The number of ether oxygens (including phenoxy) is 1. The van der Waals surface area contributed by atoms with E-state index >= 15 is 0 Å². The highest BCUT2D eigenvalue weighted by Gasteiger charge is 2.32. The van der Waals surface area contributed by atoms with Crippen LogP contribution in [-0.2, 0) is 0 Å². The fourth-order valence-corrected chi connectivity index (χ4v) is 10.8. The average molecular weight is 916 g/mol. The molecule has 0 amide bonds. The van der Waals surface area contributed by atoms with E-state index in [9.17, 15) is 0 Å². The summed E-state index contributed by atoms with van der Waals surface area (Å²) >= 11 is 0. The molecule has 0 radical (unpaired) electrons. The predicted molar refractivity (Wildman–Crippen MR) is 294 cm³/mol. The Balaban J connectivity index is 0.931. The van der Waals surface area contributed by atoms with E-state index in [0.717, 1.165) is 84.0 Å². The molecule has 3 aromatic heterocycles. The summed E-state index contributed by atoms with van der Waals surface area (Å²) in [5.74, 6) is 2.62. The van der Waals surface area contributed by atoms with E-state index in [1.165, 1.54) is 33.5 Å². The van der Waals surface area contributed by atoms with Gasteiger partial charge in [0.2, 0.25) is 0 Å². The van der Waals surface area contributed by atoms with E-state index in [0.29, 0.717) is 6.67 Å². The summed E-state index contributed by atoms with van der Waals surface area (Å²) in [6.45, 7) is 5.14. The molecule has 71 heavy (non-hydrogen) atoms. The molecule has 0 saturated heterocycles. The van der Waals surface area contributed by atoms with E-state index < -0.39 is 0 Å². The number of nitrogens with zero attached hydrogens (tertiary/aromatic N) is 5. The maximum atomic E-state index is 6.96. The molecule has 340 valence electrons. The van der Waals surface area contributed by atoms with Crippen LogP contribution in [0.4, 0.5) is 22.7 Å². The molecule has 0 saturated carbocycles. The quantitative estimate of drug-likeness (QED) is 0.137. The molecule has 13 rings (SSSR count). The molecule has 0 aliphatic carbocycles. The van der Waals surface area contributed by atoms with Gasteiger partial charge in [-0.25, -0.2) is 4.98 Å². The van der Waals surface area contributed by atoms with Crippen LogP contribution in [0.3, 0.4) is 0 Å². The lowest BCUT2D eigenvalue weighted by Crippen LogP contribution is -2.24. The Morgan fingerprint density at radius 2 is 0.958 bits per heavy atom. The highest BCUT2D eigenvalue weighted by molar-refractivity contribution is 6.20. The number of hydrogen-bond donors (Lipinski definition) is 0. The first kappa shape index (κ1) is 42.0. The van der Waals surface area contributed by atoms with Crippen molar-refractivity contribution in [1.82, 2.24) is 14.1 Å². The van der Waals surface area contributed by atoms with Gasteiger partial charge in [-0.1, -0.05) is 178 Å². The number of para-hydroxylation sites is 5. The highest BCUT2D eigenvalue weighted by atomic mass is 16.5. The minimum atomic E-state index is 0.264. The zero-order valence-corrected chi connectivity index (χ0v) is 39.5. The third-order valence-corrected chi connectivity index (χ3v) is 14.0. The SMILES string of the molecule is CC(C)c1cc(-n2c3cc(Oc4cccc(N5CN(c6c(-c7ccccc7)cccc6-c6ccccc6)c6ccccc65)c4)ccc3c3c2c2ccccc2n3-c2ccccc2)ncc1-c1ccccc1. The molecule has 0 spiro atoms.